The van der Waals surface area contributed by atoms with Crippen LogP contribution in [0, 0.1) is 5.82 Å². The Morgan fingerprint density at radius 2 is 1.85 bits per heavy atom. The Morgan fingerprint density at radius 1 is 1.10 bits per heavy atom. The fourth-order valence-corrected chi connectivity index (χ4v) is 3.66. The molecular formula is C14H12Cl2FNOS. The third-order valence-electron chi connectivity index (χ3n) is 2.81. The second-order valence-corrected chi connectivity index (χ2v) is 6.44. The predicted octanol–water partition coefficient (Wildman–Crippen LogP) is 3.90. The molecule has 6 heteroatoms. The van der Waals surface area contributed by atoms with Gasteiger partial charge in [0.15, 0.2) is 0 Å². The van der Waals surface area contributed by atoms with Crippen molar-refractivity contribution < 1.29 is 8.60 Å². The number of benzene rings is 2. The number of rotatable bonds is 4. The van der Waals surface area contributed by atoms with Crippen LogP contribution in [0.2, 0.25) is 10.0 Å². The molecule has 0 fully saturated rings. The van der Waals surface area contributed by atoms with Crippen molar-refractivity contribution in [2.24, 2.45) is 5.73 Å². The maximum Gasteiger partial charge on any atom is 0.123 e. The van der Waals surface area contributed by atoms with Crippen LogP contribution in [0.3, 0.4) is 0 Å². The lowest BCUT2D eigenvalue weighted by Gasteiger charge is -2.09. The van der Waals surface area contributed by atoms with Gasteiger partial charge in [0.1, 0.15) is 5.82 Å². The van der Waals surface area contributed by atoms with Gasteiger partial charge < -0.3 is 5.73 Å². The molecule has 0 spiro atoms. The second kappa shape index (κ2) is 6.68. The Hall–Kier alpha value is -0.940. The molecule has 2 aromatic carbocycles. The maximum atomic E-state index is 13.3. The summed E-state index contributed by atoms with van der Waals surface area (Å²) in [5.74, 6) is -0.240. The van der Waals surface area contributed by atoms with Crippen LogP contribution in [0.5, 0.6) is 0 Å². The third-order valence-corrected chi connectivity index (χ3v) is 4.89. The molecule has 2 rings (SSSR count). The summed E-state index contributed by atoms with van der Waals surface area (Å²) >= 11 is 11.9. The van der Waals surface area contributed by atoms with E-state index >= 15 is 0 Å². The highest BCUT2D eigenvalue weighted by molar-refractivity contribution is 7.84. The van der Waals surface area contributed by atoms with Crippen LogP contribution < -0.4 is 5.73 Å². The summed E-state index contributed by atoms with van der Waals surface area (Å²) < 4.78 is 25.7. The summed E-state index contributed by atoms with van der Waals surface area (Å²) in [5.41, 5.74) is 6.98. The van der Waals surface area contributed by atoms with Gasteiger partial charge in [-0.3, -0.25) is 4.21 Å². The molecular weight excluding hydrogens is 320 g/mol. The SMILES string of the molecule is NCc1ccc(F)cc1CS(=O)c1cc(Cl)ccc1Cl. The van der Waals surface area contributed by atoms with Gasteiger partial charge in [-0.15, -0.1) is 0 Å². The maximum absolute atomic E-state index is 13.3. The molecule has 0 radical (unpaired) electrons. The van der Waals surface area contributed by atoms with Crippen molar-refractivity contribution in [2.45, 2.75) is 17.2 Å². The minimum absolute atomic E-state index is 0.143. The molecule has 1 unspecified atom stereocenters. The van der Waals surface area contributed by atoms with Crippen LogP contribution in [0.15, 0.2) is 41.3 Å². The zero-order valence-corrected chi connectivity index (χ0v) is 12.7. The summed E-state index contributed by atoms with van der Waals surface area (Å²) in [5, 5.41) is 0.828. The Labute approximate surface area is 129 Å². The second-order valence-electron chi connectivity index (χ2n) is 4.18. The topological polar surface area (TPSA) is 43.1 Å². The first-order chi connectivity index (χ1) is 9.51. The largest absolute Gasteiger partial charge is 0.326 e. The van der Waals surface area contributed by atoms with Crippen molar-refractivity contribution >= 4 is 34.0 Å². The first-order valence-corrected chi connectivity index (χ1v) is 7.89. The number of hydrogen-bond acceptors (Lipinski definition) is 2. The Kier molecular flexibility index (Phi) is 5.16. The van der Waals surface area contributed by atoms with Gasteiger partial charge in [-0.25, -0.2) is 4.39 Å². The van der Waals surface area contributed by atoms with E-state index in [4.69, 9.17) is 28.9 Å². The summed E-state index contributed by atoms with van der Waals surface area (Å²) in [6.07, 6.45) is 0. The van der Waals surface area contributed by atoms with E-state index in [2.05, 4.69) is 0 Å². The molecule has 0 aliphatic carbocycles. The molecule has 0 heterocycles. The van der Waals surface area contributed by atoms with Crippen molar-refractivity contribution in [2.75, 3.05) is 0 Å². The van der Waals surface area contributed by atoms with Gasteiger partial charge in [-0.05, 0) is 41.5 Å². The number of halogens is 3. The van der Waals surface area contributed by atoms with Crippen LogP contribution in [0.4, 0.5) is 4.39 Å². The minimum atomic E-state index is -1.42. The van der Waals surface area contributed by atoms with Gasteiger partial charge >= 0.3 is 0 Å². The van der Waals surface area contributed by atoms with Gasteiger partial charge in [0.05, 0.1) is 26.5 Å². The highest BCUT2D eigenvalue weighted by atomic mass is 35.5. The smallest absolute Gasteiger partial charge is 0.123 e. The van der Waals surface area contributed by atoms with Crippen LogP contribution in [0.1, 0.15) is 11.1 Å². The zero-order chi connectivity index (χ0) is 14.7. The fourth-order valence-electron chi connectivity index (χ4n) is 1.80. The van der Waals surface area contributed by atoms with E-state index in [0.717, 1.165) is 5.56 Å². The average Bonchev–Trinajstić information content (AvgIpc) is 2.41. The molecule has 0 bridgehead atoms. The molecule has 106 valence electrons. The zero-order valence-electron chi connectivity index (χ0n) is 10.4. The van der Waals surface area contributed by atoms with Crippen molar-refractivity contribution in [1.29, 1.82) is 0 Å². The summed E-state index contributed by atoms with van der Waals surface area (Å²) in [6.45, 7) is 0.260. The van der Waals surface area contributed by atoms with E-state index in [1.54, 1.807) is 24.3 Å². The molecule has 1 atom stereocenters. The van der Waals surface area contributed by atoms with Crippen molar-refractivity contribution in [3.63, 3.8) is 0 Å². The molecule has 0 amide bonds. The van der Waals surface area contributed by atoms with E-state index in [9.17, 15) is 8.60 Å². The van der Waals surface area contributed by atoms with Gasteiger partial charge in [0.2, 0.25) is 0 Å². The van der Waals surface area contributed by atoms with Gasteiger partial charge in [0, 0.05) is 11.6 Å². The standard InChI is InChI=1S/C14H12Cl2FNOS/c15-11-2-4-13(16)14(6-11)20(19)8-10-5-12(17)3-1-9(10)7-18/h1-6H,7-8,18H2. The summed E-state index contributed by atoms with van der Waals surface area (Å²) in [7, 11) is -1.42. The van der Waals surface area contributed by atoms with Gasteiger partial charge in [-0.2, -0.15) is 0 Å². The normalized spacial score (nSPS) is 12.4. The Morgan fingerprint density at radius 3 is 2.55 bits per heavy atom. The van der Waals surface area contributed by atoms with E-state index in [1.165, 1.54) is 12.1 Å². The molecule has 2 N–H and O–H groups in total. The monoisotopic (exact) mass is 331 g/mol. The Bertz CT molecular complexity index is 664. The van der Waals surface area contributed by atoms with E-state index < -0.39 is 10.8 Å². The molecule has 2 nitrogen and oxygen atoms in total. The predicted molar refractivity (Wildman–Crippen MR) is 80.9 cm³/mol. The lowest BCUT2D eigenvalue weighted by molar-refractivity contribution is 0.625. The lowest BCUT2D eigenvalue weighted by atomic mass is 10.1. The van der Waals surface area contributed by atoms with E-state index in [0.29, 0.717) is 20.5 Å². The van der Waals surface area contributed by atoms with Crippen LogP contribution in [-0.2, 0) is 23.1 Å². The van der Waals surface area contributed by atoms with E-state index in [1.807, 2.05) is 0 Å². The van der Waals surface area contributed by atoms with Crippen LogP contribution in [0.25, 0.3) is 0 Å². The first-order valence-electron chi connectivity index (χ1n) is 5.82. The summed E-state index contributed by atoms with van der Waals surface area (Å²) in [6, 6.07) is 9.05. The van der Waals surface area contributed by atoms with Crippen molar-refractivity contribution in [1.82, 2.24) is 0 Å². The summed E-state index contributed by atoms with van der Waals surface area (Å²) in [4.78, 5) is 0.436. The molecule has 2 aromatic rings. The molecule has 20 heavy (non-hydrogen) atoms. The van der Waals surface area contributed by atoms with Crippen molar-refractivity contribution in [3.05, 3.63) is 63.4 Å². The van der Waals surface area contributed by atoms with Crippen molar-refractivity contribution in [3.8, 4) is 0 Å². The van der Waals surface area contributed by atoms with Crippen LogP contribution >= 0.6 is 23.2 Å². The third kappa shape index (κ3) is 3.58. The fraction of sp³-hybridized carbons (Fsp3) is 0.143. The van der Waals surface area contributed by atoms with E-state index in [-0.39, 0.29) is 18.1 Å². The molecule has 0 aromatic heterocycles. The van der Waals surface area contributed by atoms with Gasteiger partial charge in [-0.1, -0.05) is 29.3 Å². The minimum Gasteiger partial charge on any atom is -0.326 e. The van der Waals surface area contributed by atoms with Gasteiger partial charge in [0.25, 0.3) is 0 Å². The van der Waals surface area contributed by atoms with Crippen LogP contribution in [-0.4, -0.2) is 4.21 Å². The quantitative estimate of drug-likeness (QED) is 0.923. The Balaban J connectivity index is 2.32. The highest BCUT2D eigenvalue weighted by Gasteiger charge is 2.13. The molecule has 0 aliphatic heterocycles. The first kappa shape index (κ1) is 15.4. The molecule has 0 aliphatic rings. The number of hydrogen-bond donors (Lipinski definition) is 1. The highest BCUT2D eigenvalue weighted by Crippen LogP contribution is 2.26. The number of nitrogens with two attached hydrogens (primary N) is 1. The average molecular weight is 332 g/mol. The lowest BCUT2D eigenvalue weighted by Crippen LogP contribution is -2.05. The molecule has 0 saturated heterocycles. The molecule has 0 saturated carbocycles.